The fourth-order valence-electron chi connectivity index (χ4n) is 2.31. The molecule has 1 unspecified atom stereocenters. The van der Waals surface area contributed by atoms with Gasteiger partial charge in [-0.3, -0.25) is 4.98 Å². The molecule has 18 heavy (non-hydrogen) atoms. The normalized spacial score (nSPS) is 16.7. The quantitative estimate of drug-likeness (QED) is 0.884. The van der Waals surface area contributed by atoms with E-state index in [4.69, 9.17) is 0 Å². The predicted molar refractivity (Wildman–Crippen MR) is 75.6 cm³/mol. The molecule has 1 aliphatic carbocycles. The molecule has 3 rings (SSSR count). The van der Waals surface area contributed by atoms with Gasteiger partial charge in [0.05, 0.1) is 5.69 Å². The topological polar surface area (TPSA) is 24.9 Å². The van der Waals surface area contributed by atoms with Crippen LogP contribution in [0.1, 0.15) is 35.1 Å². The Morgan fingerprint density at radius 2 is 2.22 bits per heavy atom. The number of hydrogen-bond acceptors (Lipinski definition) is 3. The zero-order chi connectivity index (χ0) is 12.4. The van der Waals surface area contributed by atoms with Crippen LogP contribution < -0.4 is 5.32 Å². The van der Waals surface area contributed by atoms with Crippen molar-refractivity contribution in [3.05, 3.63) is 52.0 Å². The number of nitrogens with one attached hydrogen (secondary N) is 1. The number of hydrogen-bond donors (Lipinski definition) is 1. The molecule has 1 aliphatic rings. The molecular formula is C15H18N2S. The highest BCUT2D eigenvalue weighted by atomic mass is 32.1. The summed E-state index contributed by atoms with van der Waals surface area (Å²) in [6.07, 6.45) is 2.72. The van der Waals surface area contributed by atoms with Crippen LogP contribution in [0.3, 0.4) is 0 Å². The number of aromatic nitrogens is 1. The van der Waals surface area contributed by atoms with Gasteiger partial charge in [0.15, 0.2) is 0 Å². The van der Waals surface area contributed by atoms with E-state index in [1.54, 1.807) is 0 Å². The van der Waals surface area contributed by atoms with Crippen LogP contribution >= 0.6 is 11.3 Å². The zero-order valence-corrected chi connectivity index (χ0v) is 11.4. The molecule has 3 heteroatoms. The van der Waals surface area contributed by atoms with Gasteiger partial charge in [0, 0.05) is 23.2 Å². The summed E-state index contributed by atoms with van der Waals surface area (Å²) in [7, 11) is 0. The first-order chi connectivity index (χ1) is 8.83. The van der Waals surface area contributed by atoms with Gasteiger partial charge in [0.2, 0.25) is 0 Å². The molecule has 0 aromatic carbocycles. The first-order valence-corrected chi connectivity index (χ1v) is 7.40. The van der Waals surface area contributed by atoms with E-state index in [9.17, 15) is 0 Å². The van der Waals surface area contributed by atoms with Crippen LogP contribution in [0, 0.1) is 12.8 Å². The summed E-state index contributed by atoms with van der Waals surface area (Å²) >= 11 is 1.85. The molecule has 94 valence electrons. The average Bonchev–Trinajstić information content (AvgIpc) is 3.05. The summed E-state index contributed by atoms with van der Waals surface area (Å²) in [4.78, 5) is 6.01. The molecule has 0 amide bonds. The van der Waals surface area contributed by atoms with E-state index >= 15 is 0 Å². The Bertz CT molecular complexity index is 503. The molecule has 1 N–H and O–H groups in total. The Labute approximate surface area is 112 Å². The van der Waals surface area contributed by atoms with Crippen molar-refractivity contribution in [1.29, 1.82) is 0 Å². The highest BCUT2D eigenvalue weighted by Gasteiger charge is 2.32. The molecule has 0 radical (unpaired) electrons. The Morgan fingerprint density at radius 3 is 2.89 bits per heavy atom. The smallest absolute Gasteiger partial charge is 0.0545 e. The van der Waals surface area contributed by atoms with E-state index in [0.717, 1.165) is 23.9 Å². The fraction of sp³-hybridized carbons (Fsp3) is 0.400. The molecule has 0 aliphatic heterocycles. The van der Waals surface area contributed by atoms with Gasteiger partial charge in [0.1, 0.15) is 0 Å². The maximum atomic E-state index is 4.55. The number of thiophene rings is 1. The van der Waals surface area contributed by atoms with Crippen LogP contribution in [0.15, 0.2) is 35.7 Å². The Hall–Kier alpha value is -1.19. The highest BCUT2D eigenvalue weighted by Crippen LogP contribution is 2.42. The number of nitrogens with zero attached hydrogens (tertiary/aromatic N) is 1. The monoisotopic (exact) mass is 258 g/mol. The SMILES string of the molecule is Cc1cccc(CNC(c2cccs2)C2CC2)n1. The van der Waals surface area contributed by atoms with Gasteiger partial charge >= 0.3 is 0 Å². The zero-order valence-electron chi connectivity index (χ0n) is 10.6. The maximum Gasteiger partial charge on any atom is 0.0545 e. The lowest BCUT2D eigenvalue weighted by molar-refractivity contribution is 0.483. The van der Waals surface area contributed by atoms with E-state index < -0.39 is 0 Å². The van der Waals surface area contributed by atoms with Crippen molar-refractivity contribution in [2.24, 2.45) is 5.92 Å². The van der Waals surface area contributed by atoms with E-state index in [0.29, 0.717) is 6.04 Å². The van der Waals surface area contributed by atoms with Gasteiger partial charge in [-0.1, -0.05) is 12.1 Å². The molecule has 0 bridgehead atoms. The van der Waals surface area contributed by atoms with Gasteiger partial charge in [-0.25, -0.2) is 0 Å². The van der Waals surface area contributed by atoms with E-state index in [-0.39, 0.29) is 0 Å². The third-order valence-electron chi connectivity index (χ3n) is 3.39. The molecule has 1 saturated carbocycles. The molecule has 2 heterocycles. The minimum Gasteiger partial charge on any atom is -0.303 e. The van der Waals surface area contributed by atoms with Crippen molar-refractivity contribution in [1.82, 2.24) is 10.3 Å². The Kier molecular flexibility index (Phi) is 3.43. The largest absolute Gasteiger partial charge is 0.303 e. The first kappa shape index (κ1) is 11.9. The Balaban J connectivity index is 1.67. The average molecular weight is 258 g/mol. The molecule has 0 saturated heterocycles. The second-order valence-electron chi connectivity index (χ2n) is 4.98. The summed E-state index contributed by atoms with van der Waals surface area (Å²) < 4.78 is 0. The van der Waals surface area contributed by atoms with Crippen LogP contribution in [-0.4, -0.2) is 4.98 Å². The van der Waals surface area contributed by atoms with Crippen molar-refractivity contribution < 1.29 is 0 Å². The molecular weight excluding hydrogens is 240 g/mol. The molecule has 0 spiro atoms. The van der Waals surface area contributed by atoms with Crippen LogP contribution in [0.2, 0.25) is 0 Å². The maximum absolute atomic E-state index is 4.55. The van der Waals surface area contributed by atoms with Gasteiger partial charge in [0.25, 0.3) is 0 Å². The van der Waals surface area contributed by atoms with Gasteiger partial charge in [-0.15, -0.1) is 11.3 Å². The van der Waals surface area contributed by atoms with Crippen LogP contribution in [0.5, 0.6) is 0 Å². The summed E-state index contributed by atoms with van der Waals surface area (Å²) in [5.74, 6) is 0.827. The van der Waals surface area contributed by atoms with Crippen LogP contribution in [0.25, 0.3) is 0 Å². The third kappa shape index (κ3) is 2.79. The molecule has 2 nitrogen and oxygen atoms in total. The molecule has 1 atom stereocenters. The van der Waals surface area contributed by atoms with Gasteiger partial charge < -0.3 is 5.32 Å². The van der Waals surface area contributed by atoms with Gasteiger partial charge in [-0.2, -0.15) is 0 Å². The number of aryl methyl sites for hydroxylation is 1. The number of pyridine rings is 1. The highest BCUT2D eigenvalue weighted by molar-refractivity contribution is 7.10. The summed E-state index contributed by atoms with van der Waals surface area (Å²) in [6, 6.07) is 11.1. The summed E-state index contributed by atoms with van der Waals surface area (Å²) in [5, 5.41) is 5.84. The van der Waals surface area contributed by atoms with Crippen LogP contribution in [-0.2, 0) is 6.54 Å². The minimum atomic E-state index is 0.521. The van der Waals surface area contributed by atoms with Crippen molar-refractivity contribution >= 4 is 11.3 Å². The fourth-order valence-corrected chi connectivity index (χ4v) is 3.20. The standard InChI is InChI=1S/C15H18N2S/c1-11-4-2-5-13(17-11)10-16-15(12-7-8-12)14-6-3-9-18-14/h2-6,9,12,15-16H,7-8,10H2,1H3. The van der Waals surface area contributed by atoms with Crippen molar-refractivity contribution in [3.8, 4) is 0 Å². The van der Waals surface area contributed by atoms with Crippen LogP contribution in [0.4, 0.5) is 0 Å². The Morgan fingerprint density at radius 1 is 1.33 bits per heavy atom. The van der Waals surface area contributed by atoms with E-state index in [1.807, 2.05) is 24.3 Å². The second-order valence-corrected chi connectivity index (χ2v) is 5.96. The van der Waals surface area contributed by atoms with Crippen molar-refractivity contribution in [2.45, 2.75) is 32.4 Å². The molecule has 1 fully saturated rings. The lowest BCUT2D eigenvalue weighted by Gasteiger charge is -2.16. The minimum absolute atomic E-state index is 0.521. The van der Waals surface area contributed by atoms with Crippen molar-refractivity contribution in [3.63, 3.8) is 0 Å². The second kappa shape index (κ2) is 5.21. The summed E-state index contributed by atoms with van der Waals surface area (Å²) in [5.41, 5.74) is 2.23. The van der Waals surface area contributed by atoms with E-state index in [1.165, 1.54) is 17.7 Å². The third-order valence-corrected chi connectivity index (χ3v) is 4.35. The lowest BCUT2D eigenvalue weighted by Crippen LogP contribution is -2.22. The van der Waals surface area contributed by atoms with E-state index in [2.05, 4.69) is 39.9 Å². The van der Waals surface area contributed by atoms with Crippen molar-refractivity contribution in [2.75, 3.05) is 0 Å². The number of rotatable bonds is 5. The predicted octanol–water partition coefficient (Wildman–Crippen LogP) is 3.69. The molecule has 2 aromatic heterocycles. The first-order valence-electron chi connectivity index (χ1n) is 6.52. The lowest BCUT2D eigenvalue weighted by atomic mass is 10.1. The summed E-state index contributed by atoms with van der Waals surface area (Å²) in [6.45, 7) is 2.90. The molecule has 2 aromatic rings. The van der Waals surface area contributed by atoms with Gasteiger partial charge in [-0.05, 0) is 49.3 Å².